The van der Waals surface area contributed by atoms with Crippen LogP contribution in [0.15, 0.2) is 72.8 Å². The SMILES string of the molecule is CCN(C(=O)C(Cc1ccc(O)cc1)NC(=O)OC(C)(C)C)C(C(=O)NC(Cc1ccccc1)C(=O)OC(C)(C)C)c1ccc(C)c(C)c1. The third kappa shape index (κ3) is 12.0. The number of phenolic OH excluding ortho intramolecular Hbond substituents is 1. The van der Waals surface area contributed by atoms with Gasteiger partial charge >= 0.3 is 12.1 Å². The van der Waals surface area contributed by atoms with Crippen molar-refractivity contribution in [2.24, 2.45) is 0 Å². The number of benzene rings is 3. The van der Waals surface area contributed by atoms with Crippen molar-refractivity contribution < 1.29 is 33.8 Å². The van der Waals surface area contributed by atoms with Gasteiger partial charge in [0.25, 0.3) is 0 Å². The first-order valence-electron chi connectivity index (χ1n) is 16.6. The summed E-state index contributed by atoms with van der Waals surface area (Å²) in [5, 5.41) is 15.4. The van der Waals surface area contributed by atoms with E-state index >= 15 is 0 Å². The first-order chi connectivity index (χ1) is 22.9. The van der Waals surface area contributed by atoms with Crippen LogP contribution in [0.4, 0.5) is 4.79 Å². The fourth-order valence-electron chi connectivity index (χ4n) is 5.26. The summed E-state index contributed by atoms with van der Waals surface area (Å²) in [6.45, 7) is 16.2. The van der Waals surface area contributed by atoms with Gasteiger partial charge in [-0.2, -0.15) is 0 Å². The van der Waals surface area contributed by atoms with E-state index in [1.807, 2.05) is 56.3 Å². The molecule has 3 unspecified atom stereocenters. The number of alkyl carbamates (subject to hydrolysis) is 1. The third-order valence-electron chi connectivity index (χ3n) is 7.69. The number of nitrogens with zero attached hydrogens (tertiary/aromatic N) is 1. The summed E-state index contributed by atoms with van der Waals surface area (Å²) >= 11 is 0. The van der Waals surface area contributed by atoms with Gasteiger partial charge in [0.15, 0.2) is 0 Å². The van der Waals surface area contributed by atoms with E-state index in [-0.39, 0.29) is 25.1 Å². The number of hydrogen-bond acceptors (Lipinski definition) is 7. The minimum Gasteiger partial charge on any atom is -0.508 e. The number of phenols is 1. The molecule has 0 saturated heterocycles. The van der Waals surface area contributed by atoms with Gasteiger partial charge in [-0.1, -0.05) is 60.7 Å². The van der Waals surface area contributed by atoms with E-state index in [4.69, 9.17) is 9.47 Å². The Bertz CT molecular complexity index is 1590. The van der Waals surface area contributed by atoms with Crippen molar-refractivity contribution in [2.45, 2.75) is 104 Å². The fourth-order valence-corrected chi connectivity index (χ4v) is 5.26. The van der Waals surface area contributed by atoms with Crippen molar-refractivity contribution in [2.75, 3.05) is 6.54 Å². The predicted molar refractivity (Wildman–Crippen MR) is 189 cm³/mol. The zero-order valence-corrected chi connectivity index (χ0v) is 30.1. The molecule has 0 spiro atoms. The Morgan fingerprint density at radius 1 is 0.735 bits per heavy atom. The van der Waals surface area contributed by atoms with Crippen LogP contribution in [-0.4, -0.2) is 63.7 Å². The van der Waals surface area contributed by atoms with Crippen molar-refractivity contribution in [3.63, 3.8) is 0 Å². The van der Waals surface area contributed by atoms with E-state index in [0.717, 1.165) is 16.7 Å². The minimum atomic E-state index is -1.17. The monoisotopic (exact) mass is 673 g/mol. The molecule has 3 aromatic rings. The number of hydrogen-bond donors (Lipinski definition) is 3. The molecule has 3 N–H and O–H groups in total. The van der Waals surface area contributed by atoms with Crippen LogP contribution in [0.2, 0.25) is 0 Å². The van der Waals surface area contributed by atoms with Gasteiger partial charge < -0.3 is 30.1 Å². The standard InChI is InChI=1S/C39H51N3O7/c1-10-42(35(45)31(41-37(47)49-39(7,8)9)23-28-17-20-30(43)21-18-28)33(29-19-16-25(2)26(3)22-29)34(44)40-32(36(46)48-38(4,5)6)24-27-14-12-11-13-15-27/h11-22,31-33,43H,10,23-24H2,1-9H3,(H,40,44)(H,41,47). The molecule has 0 aliphatic heterocycles. The van der Waals surface area contributed by atoms with Crippen molar-refractivity contribution in [1.29, 1.82) is 0 Å². The molecule has 10 nitrogen and oxygen atoms in total. The number of likely N-dealkylation sites (N-methyl/N-ethyl adjacent to an activating group) is 1. The zero-order valence-electron chi connectivity index (χ0n) is 30.1. The van der Waals surface area contributed by atoms with E-state index in [9.17, 15) is 24.3 Å². The Morgan fingerprint density at radius 3 is 1.86 bits per heavy atom. The first-order valence-corrected chi connectivity index (χ1v) is 16.6. The van der Waals surface area contributed by atoms with Crippen LogP contribution in [0.5, 0.6) is 5.75 Å². The smallest absolute Gasteiger partial charge is 0.408 e. The van der Waals surface area contributed by atoms with Gasteiger partial charge in [-0.05, 0) is 102 Å². The molecule has 0 aliphatic carbocycles. The van der Waals surface area contributed by atoms with E-state index in [1.165, 1.54) is 17.0 Å². The molecule has 264 valence electrons. The lowest BCUT2D eigenvalue weighted by Gasteiger charge is -2.35. The van der Waals surface area contributed by atoms with Crippen molar-refractivity contribution in [3.05, 3.63) is 101 Å². The normalized spacial score (nSPS) is 13.4. The highest BCUT2D eigenvalue weighted by Gasteiger charge is 2.38. The number of rotatable bonds is 12. The summed E-state index contributed by atoms with van der Waals surface area (Å²) in [4.78, 5) is 57.0. The average Bonchev–Trinajstić information content (AvgIpc) is 3.00. The summed E-state index contributed by atoms with van der Waals surface area (Å²) in [5.41, 5.74) is 2.33. The Hall–Kier alpha value is -4.86. The predicted octanol–water partition coefficient (Wildman–Crippen LogP) is 6.10. The van der Waals surface area contributed by atoms with Gasteiger partial charge in [-0.3, -0.25) is 9.59 Å². The van der Waals surface area contributed by atoms with Crippen LogP contribution >= 0.6 is 0 Å². The highest BCUT2D eigenvalue weighted by Crippen LogP contribution is 2.26. The Morgan fingerprint density at radius 2 is 1.31 bits per heavy atom. The topological polar surface area (TPSA) is 134 Å². The number of esters is 1. The second-order valence-electron chi connectivity index (χ2n) is 14.2. The number of aromatic hydroxyl groups is 1. The maximum Gasteiger partial charge on any atom is 0.408 e. The lowest BCUT2D eigenvalue weighted by atomic mass is 9.96. The van der Waals surface area contributed by atoms with Crippen LogP contribution in [-0.2, 0) is 36.7 Å². The van der Waals surface area contributed by atoms with Crippen molar-refractivity contribution in [3.8, 4) is 5.75 Å². The summed E-state index contributed by atoms with van der Waals surface area (Å²) in [7, 11) is 0. The molecule has 3 aromatic carbocycles. The van der Waals surface area contributed by atoms with Gasteiger partial charge in [0, 0.05) is 19.4 Å². The van der Waals surface area contributed by atoms with Crippen molar-refractivity contribution in [1.82, 2.24) is 15.5 Å². The molecule has 10 heteroatoms. The van der Waals surface area contributed by atoms with Gasteiger partial charge in [-0.25, -0.2) is 9.59 Å². The summed E-state index contributed by atoms with van der Waals surface area (Å²) in [6, 6.07) is 17.8. The van der Waals surface area contributed by atoms with E-state index in [1.54, 1.807) is 66.7 Å². The number of carbonyl (C=O) groups is 4. The molecule has 0 saturated carbocycles. The lowest BCUT2D eigenvalue weighted by molar-refractivity contribution is -0.159. The van der Waals surface area contributed by atoms with E-state index in [2.05, 4.69) is 10.6 Å². The Kier molecular flexibility index (Phi) is 13.0. The fraction of sp³-hybridized carbons (Fsp3) is 0.436. The number of carbonyl (C=O) groups excluding carboxylic acids is 4. The summed E-state index contributed by atoms with van der Waals surface area (Å²) in [6.07, 6.45) is -0.559. The molecule has 3 amide bonds. The second kappa shape index (κ2) is 16.5. The molecular formula is C39H51N3O7. The Labute approximate surface area is 290 Å². The lowest BCUT2D eigenvalue weighted by Crippen LogP contribution is -2.55. The number of amides is 3. The highest BCUT2D eigenvalue weighted by atomic mass is 16.6. The van der Waals surface area contributed by atoms with Gasteiger partial charge in [-0.15, -0.1) is 0 Å². The third-order valence-corrected chi connectivity index (χ3v) is 7.69. The van der Waals surface area contributed by atoms with Crippen molar-refractivity contribution >= 4 is 23.9 Å². The minimum absolute atomic E-state index is 0.0587. The van der Waals surface area contributed by atoms with Gasteiger partial charge in [0.2, 0.25) is 11.8 Å². The van der Waals surface area contributed by atoms with Crippen LogP contribution in [0.1, 0.15) is 82.3 Å². The molecule has 0 aliphatic rings. The van der Waals surface area contributed by atoms with Crippen LogP contribution in [0.3, 0.4) is 0 Å². The highest BCUT2D eigenvalue weighted by molar-refractivity contribution is 5.94. The summed E-state index contributed by atoms with van der Waals surface area (Å²) in [5.74, 6) is -1.65. The number of ether oxygens (including phenoxy) is 2. The molecule has 3 atom stereocenters. The van der Waals surface area contributed by atoms with E-state index in [0.29, 0.717) is 11.1 Å². The first kappa shape index (κ1) is 38.6. The maximum absolute atomic E-state index is 14.6. The quantitative estimate of drug-likeness (QED) is 0.198. The Balaban J connectivity index is 2.07. The maximum atomic E-state index is 14.6. The molecule has 0 heterocycles. The second-order valence-corrected chi connectivity index (χ2v) is 14.2. The van der Waals surface area contributed by atoms with Gasteiger partial charge in [0.05, 0.1) is 0 Å². The van der Waals surface area contributed by atoms with Crippen LogP contribution < -0.4 is 10.6 Å². The van der Waals surface area contributed by atoms with E-state index < -0.39 is 53.2 Å². The average molecular weight is 674 g/mol. The van der Waals surface area contributed by atoms with Crippen LogP contribution in [0, 0.1) is 13.8 Å². The molecule has 0 fully saturated rings. The van der Waals surface area contributed by atoms with Gasteiger partial charge in [0.1, 0.15) is 35.1 Å². The molecule has 49 heavy (non-hydrogen) atoms. The largest absolute Gasteiger partial charge is 0.508 e. The molecule has 0 aromatic heterocycles. The molecule has 0 bridgehead atoms. The molecule has 0 radical (unpaired) electrons. The zero-order chi connectivity index (χ0) is 36.5. The number of nitrogens with one attached hydrogen (secondary N) is 2. The summed E-state index contributed by atoms with van der Waals surface area (Å²) < 4.78 is 11.2. The molecular weight excluding hydrogens is 622 g/mol. The molecule has 3 rings (SSSR count). The number of aryl methyl sites for hydroxylation is 2. The van der Waals surface area contributed by atoms with Crippen LogP contribution in [0.25, 0.3) is 0 Å².